The third-order valence-electron chi connectivity index (χ3n) is 3.92. The van der Waals surface area contributed by atoms with Crippen LogP contribution in [0.15, 0.2) is 12.1 Å². The fourth-order valence-corrected chi connectivity index (χ4v) is 2.69. The fourth-order valence-electron chi connectivity index (χ4n) is 2.69. The van der Waals surface area contributed by atoms with Gasteiger partial charge in [0.2, 0.25) is 0 Å². The third kappa shape index (κ3) is 3.97. The fraction of sp³-hybridized carbons (Fsp3) is 0.533. The van der Waals surface area contributed by atoms with Crippen LogP contribution in [0.2, 0.25) is 0 Å². The van der Waals surface area contributed by atoms with Gasteiger partial charge in [-0.05, 0) is 44.7 Å². The van der Waals surface area contributed by atoms with Gasteiger partial charge in [-0.15, -0.1) is 0 Å². The normalized spacial score (nSPS) is 17.5. The topological polar surface area (TPSA) is 45.7 Å². The summed E-state index contributed by atoms with van der Waals surface area (Å²) in [5.74, 6) is -4.62. The summed E-state index contributed by atoms with van der Waals surface area (Å²) in [5.41, 5.74) is -0.331. The Bertz CT molecular complexity index is 516. The van der Waals surface area contributed by atoms with Crippen molar-refractivity contribution in [1.82, 2.24) is 0 Å². The highest BCUT2D eigenvalue weighted by atomic mass is 19.2. The van der Waals surface area contributed by atoms with Crippen LogP contribution in [-0.4, -0.2) is 18.0 Å². The molecule has 1 aliphatic rings. The van der Waals surface area contributed by atoms with E-state index in [0.717, 1.165) is 37.8 Å². The van der Waals surface area contributed by atoms with Gasteiger partial charge in [0.05, 0.1) is 11.7 Å². The molecule has 1 aliphatic carbocycles. The number of amides is 1. The van der Waals surface area contributed by atoms with E-state index in [9.17, 15) is 18.0 Å². The Morgan fingerprint density at radius 3 is 2.52 bits per heavy atom. The first-order chi connectivity index (χ1) is 9.99. The molecule has 2 rings (SSSR count). The number of hydrogen-bond acceptors (Lipinski definition) is 1. The van der Waals surface area contributed by atoms with Crippen LogP contribution in [0.4, 0.5) is 18.9 Å². The summed E-state index contributed by atoms with van der Waals surface area (Å²) in [6, 6.07) is 1.82. The van der Waals surface area contributed by atoms with Gasteiger partial charge >= 0.3 is 0 Å². The van der Waals surface area contributed by atoms with E-state index in [2.05, 4.69) is 5.32 Å². The minimum atomic E-state index is -1.57. The number of benzene rings is 1. The van der Waals surface area contributed by atoms with Crippen molar-refractivity contribution < 1.29 is 23.3 Å². The minimum Gasteiger partial charge on any atom is -0.334 e. The van der Waals surface area contributed by atoms with Crippen LogP contribution in [0, 0.1) is 17.5 Å². The van der Waals surface area contributed by atoms with Gasteiger partial charge in [-0.25, -0.2) is 13.2 Å². The number of anilines is 1. The SMILES string of the molecule is C[C@H]([NH2+]C1CCCCC1)C(=O)Nc1ccc(F)c(F)c1F. The Kier molecular flexibility index (Phi) is 5.22. The average Bonchev–Trinajstić information content (AvgIpc) is 2.48. The predicted octanol–water partition coefficient (Wildman–Crippen LogP) is 2.33. The number of nitrogens with two attached hydrogens (primary N) is 1. The molecular weight excluding hydrogens is 281 g/mol. The van der Waals surface area contributed by atoms with Crippen LogP contribution in [0.1, 0.15) is 39.0 Å². The summed E-state index contributed by atoms with van der Waals surface area (Å²) < 4.78 is 39.4. The highest BCUT2D eigenvalue weighted by Crippen LogP contribution is 2.19. The molecule has 21 heavy (non-hydrogen) atoms. The van der Waals surface area contributed by atoms with Gasteiger partial charge in [-0.2, -0.15) is 0 Å². The van der Waals surface area contributed by atoms with Crippen molar-refractivity contribution in [3.8, 4) is 0 Å². The highest BCUT2D eigenvalue weighted by Gasteiger charge is 2.24. The molecule has 6 heteroatoms. The Labute approximate surface area is 121 Å². The summed E-state index contributed by atoms with van der Waals surface area (Å²) in [5, 5.41) is 4.28. The van der Waals surface area contributed by atoms with Gasteiger partial charge in [0.15, 0.2) is 23.5 Å². The monoisotopic (exact) mass is 301 g/mol. The van der Waals surface area contributed by atoms with E-state index in [1.807, 2.05) is 5.32 Å². The molecule has 0 spiro atoms. The number of nitrogens with one attached hydrogen (secondary N) is 1. The lowest BCUT2D eigenvalue weighted by Gasteiger charge is -2.23. The lowest BCUT2D eigenvalue weighted by Crippen LogP contribution is -2.96. The molecular formula is C15H20F3N2O+. The number of halogens is 3. The van der Waals surface area contributed by atoms with Crippen LogP contribution in [0.3, 0.4) is 0 Å². The summed E-state index contributed by atoms with van der Waals surface area (Å²) in [7, 11) is 0. The molecule has 1 saturated carbocycles. The summed E-state index contributed by atoms with van der Waals surface area (Å²) >= 11 is 0. The van der Waals surface area contributed by atoms with Gasteiger partial charge in [-0.1, -0.05) is 6.42 Å². The van der Waals surface area contributed by atoms with Crippen LogP contribution in [0.5, 0.6) is 0 Å². The number of quaternary nitrogens is 1. The maximum absolute atomic E-state index is 13.5. The summed E-state index contributed by atoms with van der Waals surface area (Å²) in [6.45, 7) is 1.72. The maximum atomic E-state index is 13.5. The van der Waals surface area contributed by atoms with E-state index in [1.165, 1.54) is 6.42 Å². The Morgan fingerprint density at radius 2 is 1.86 bits per heavy atom. The van der Waals surface area contributed by atoms with E-state index in [4.69, 9.17) is 0 Å². The number of carbonyl (C=O) groups is 1. The Hall–Kier alpha value is -1.56. The first-order valence-corrected chi connectivity index (χ1v) is 7.28. The van der Waals surface area contributed by atoms with Gasteiger partial charge in [0, 0.05) is 0 Å². The first kappa shape index (κ1) is 15.8. The van der Waals surface area contributed by atoms with Gasteiger partial charge in [-0.3, -0.25) is 4.79 Å². The molecule has 116 valence electrons. The van der Waals surface area contributed by atoms with E-state index in [0.29, 0.717) is 6.04 Å². The van der Waals surface area contributed by atoms with Crippen molar-refractivity contribution in [3.63, 3.8) is 0 Å². The molecule has 3 nitrogen and oxygen atoms in total. The van der Waals surface area contributed by atoms with Crippen molar-refractivity contribution in [2.75, 3.05) is 5.32 Å². The molecule has 0 radical (unpaired) electrons. The largest absolute Gasteiger partial charge is 0.334 e. The van der Waals surface area contributed by atoms with E-state index < -0.39 is 29.4 Å². The second-order valence-corrected chi connectivity index (χ2v) is 5.59. The molecule has 0 unspecified atom stereocenters. The molecule has 0 aromatic heterocycles. The minimum absolute atomic E-state index is 0.331. The zero-order chi connectivity index (χ0) is 15.4. The highest BCUT2D eigenvalue weighted by molar-refractivity contribution is 5.93. The van der Waals surface area contributed by atoms with Crippen molar-refractivity contribution in [2.24, 2.45) is 0 Å². The van der Waals surface area contributed by atoms with Crippen LogP contribution >= 0.6 is 0 Å². The molecule has 1 atom stereocenters. The van der Waals surface area contributed by atoms with Crippen molar-refractivity contribution in [3.05, 3.63) is 29.6 Å². The van der Waals surface area contributed by atoms with Crippen molar-refractivity contribution in [2.45, 2.75) is 51.1 Å². The van der Waals surface area contributed by atoms with Gasteiger partial charge in [0.1, 0.15) is 0 Å². The van der Waals surface area contributed by atoms with Crippen LogP contribution < -0.4 is 10.6 Å². The maximum Gasteiger partial charge on any atom is 0.282 e. The molecule has 1 aromatic rings. The second kappa shape index (κ2) is 6.93. The average molecular weight is 301 g/mol. The predicted molar refractivity (Wildman–Crippen MR) is 73.2 cm³/mol. The molecule has 1 fully saturated rings. The molecule has 0 saturated heterocycles. The third-order valence-corrected chi connectivity index (χ3v) is 3.92. The van der Waals surface area contributed by atoms with E-state index >= 15 is 0 Å². The van der Waals surface area contributed by atoms with Gasteiger partial charge < -0.3 is 10.6 Å². The second-order valence-electron chi connectivity index (χ2n) is 5.59. The first-order valence-electron chi connectivity index (χ1n) is 7.28. The lowest BCUT2D eigenvalue weighted by atomic mass is 9.95. The number of hydrogen-bond donors (Lipinski definition) is 2. The van der Waals surface area contributed by atoms with Crippen LogP contribution in [-0.2, 0) is 4.79 Å². The van der Waals surface area contributed by atoms with Crippen molar-refractivity contribution >= 4 is 11.6 Å². The van der Waals surface area contributed by atoms with E-state index in [-0.39, 0.29) is 5.69 Å². The molecule has 1 amide bonds. The number of rotatable bonds is 4. The molecule has 0 bridgehead atoms. The lowest BCUT2D eigenvalue weighted by molar-refractivity contribution is -0.708. The zero-order valence-electron chi connectivity index (χ0n) is 12.0. The smallest absolute Gasteiger partial charge is 0.282 e. The summed E-state index contributed by atoms with van der Waals surface area (Å²) in [6.07, 6.45) is 5.68. The number of carbonyl (C=O) groups excluding carboxylic acids is 1. The van der Waals surface area contributed by atoms with Gasteiger partial charge in [0.25, 0.3) is 5.91 Å². The quantitative estimate of drug-likeness (QED) is 0.824. The molecule has 0 heterocycles. The molecule has 3 N–H and O–H groups in total. The van der Waals surface area contributed by atoms with Crippen LogP contribution in [0.25, 0.3) is 0 Å². The van der Waals surface area contributed by atoms with Crippen molar-refractivity contribution in [1.29, 1.82) is 0 Å². The standard InChI is InChI=1S/C15H19F3N2O/c1-9(19-10-5-3-2-4-6-10)15(21)20-12-8-7-11(16)13(17)14(12)18/h7-10,19H,2-6H2,1H3,(H,20,21)/p+1/t9-/m0/s1. The Morgan fingerprint density at radius 1 is 1.19 bits per heavy atom. The molecule has 0 aliphatic heterocycles. The molecule has 1 aromatic carbocycles. The Balaban J connectivity index is 1.95. The summed E-state index contributed by atoms with van der Waals surface area (Å²) in [4.78, 5) is 12.0. The zero-order valence-corrected chi connectivity index (χ0v) is 12.0. The van der Waals surface area contributed by atoms with E-state index in [1.54, 1.807) is 6.92 Å².